The molecule has 0 radical (unpaired) electrons. The van der Waals surface area contributed by atoms with Crippen molar-refractivity contribution >= 4 is 11.7 Å². The second-order valence-electron chi connectivity index (χ2n) is 7.81. The highest BCUT2D eigenvalue weighted by Crippen LogP contribution is 2.35. The lowest BCUT2D eigenvalue weighted by Gasteiger charge is -2.30. The van der Waals surface area contributed by atoms with Gasteiger partial charge in [-0.15, -0.1) is 0 Å². The Morgan fingerprint density at radius 3 is 1.94 bits per heavy atom. The van der Waals surface area contributed by atoms with Gasteiger partial charge >= 0.3 is 0 Å². The predicted molar refractivity (Wildman–Crippen MR) is 122 cm³/mol. The van der Waals surface area contributed by atoms with Crippen LogP contribution in [0.5, 0.6) is 0 Å². The fourth-order valence-electron chi connectivity index (χ4n) is 4.03. The van der Waals surface area contributed by atoms with Crippen LogP contribution in [0.4, 0.5) is 0 Å². The van der Waals surface area contributed by atoms with E-state index in [0.29, 0.717) is 19.5 Å². The molecule has 0 saturated heterocycles. The molecule has 3 aromatic rings. The summed E-state index contributed by atoms with van der Waals surface area (Å²) in [6, 6.07) is 29.7. The summed E-state index contributed by atoms with van der Waals surface area (Å²) in [5.41, 5.74) is 4.03. The van der Waals surface area contributed by atoms with Gasteiger partial charge in [0.2, 0.25) is 5.91 Å². The first-order valence-electron chi connectivity index (χ1n) is 10.6. The van der Waals surface area contributed by atoms with E-state index >= 15 is 0 Å². The molecule has 0 aliphatic heterocycles. The normalized spacial score (nSPS) is 18.2. The summed E-state index contributed by atoms with van der Waals surface area (Å²) in [6.07, 6.45) is 2.22. The number of hydrogen-bond acceptors (Lipinski definition) is 3. The van der Waals surface area contributed by atoms with Crippen molar-refractivity contribution in [3.63, 3.8) is 0 Å². The average Bonchev–Trinajstić information content (AvgIpc) is 2.83. The van der Waals surface area contributed by atoms with Crippen LogP contribution >= 0.6 is 0 Å². The molecule has 4 rings (SSSR count). The molecule has 1 aliphatic carbocycles. The Balaban J connectivity index is 1.52. The van der Waals surface area contributed by atoms with Crippen molar-refractivity contribution in [2.24, 2.45) is 5.92 Å². The zero-order valence-corrected chi connectivity index (χ0v) is 17.3. The first-order valence-corrected chi connectivity index (χ1v) is 10.6. The van der Waals surface area contributed by atoms with Gasteiger partial charge in [0.05, 0.1) is 0 Å². The summed E-state index contributed by atoms with van der Waals surface area (Å²) in [7, 11) is 0. The number of hydrogen-bond donors (Lipinski definition) is 2. The molecule has 1 aliphatic rings. The summed E-state index contributed by atoms with van der Waals surface area (Å²) < 4.78 is 0. The van der Waals surface area contributed by atoms with Gasteiger partial charge in [-0.25, -0.2) is 0 Å². The minimum absolute atomic E-state index is 0.152. The maximum atomic E-state index is 13.1. The minimum atomic E-state index is -0.728. The van der Waals surface area contributed by atoms with Crippen LogP contribution in [-0.4, -0.2) is 11.7 Å². The van der Waals surface area contributed by atoms with Crippen LogP contribution in [-0.2, 0) is 22.7 Å². The van der Waals surface area contributed by atoms with Crippen molar-refractivity contribution < 1.29 is 9.59 Å². The van der Waals surface area contributed by atoms with Gasteiger partial charge < -0.3 is 10.6 Å². The molecule has 0 unspecified atom stereocenters. The smallest absolute Gasteiger partial charge is 0.231 e. The average molecular weight is 411 g/mol. The lowest BCUT2D eigenvalue weighted by atomic mass is 9.76. The summed E-state index contributed by atoms with van der Waals surface area (Å²) in [5.74, 6) is -1.30. The molecule has 0 fully saturated rings. The summed E-state index contributed by atoms with van der Waals surface area (Å²) in [6.45, 7) is 1.06. The third kappa shape index (κ3) is 5.28. The number of rotatable bonds is 7. The molecular weight excluding hydrogens is 384 g/mol. The molecular formula is C27H26N2O2. The molecule has 4 nitrogen and oxygen atoms in total. The van der Waals surface area contributed by atoms with E-state index in [1.807, 2.05) is 91.0 Å². The minimum Gasteiger partial charge on any atom is -0.384 e. The quantitative estimate of drug-likeness (QED) is 0.570. The number of carbonyl (C=O) groups excluding carboxylic acids is 2. The maximum Gasteiger partial charge on any atom is 0.231 e. The Labute approximate surface area is 183 Å². The van der Waals surface area contributed by atoms with E-state index < -0.39 is 5.92 Å². The molecule has 0 heterocycles. The highest BCUT2D eigenvalue weighted by molar-refractivity contribution is 6.08. The van der Waals surface area contributed by atoms with Crippen molar-refractivity contribution in [1.82, 2.24) is 10.6 Å². The Morgan fingerprint density at radius 1 is 0.774 bits per heavy atom. The second kappa shape index (κ2) is 9.90. The zero-order valence-electron chi connectivity index (χ0n) is 17.3. The largest absolute Gasteiger partial charge is 0.384 e. The molecule has 2 N–H and O–H groups in total. The van der Waals surface area contributed by atoms with Gasteiger partial charge in [0.25, 0.3) is 0 Å². The third-order valence-electron chi connectivity index (χ3n) is 5.65. The summed E-state index contributed by atoms with van der Waals surface area (Å²) >= 11 is 0. The highest BCUT2D eigenvalue weighted by Gasteiger charge is 2.38. The number of nitrogens with one attached hydrogen (secondary N) is 2. The first kappa shape index (κ1) is 20.6. The molecule has 0 aromatic heterocycles. The number of allylic oxidation sites excluding steroid dienone is 2. The molecule has 0 saturated carbocycles. The topological polar surface area (TPSA) is 58.2 Å². The van der Waals surface area contributed by atoms with Crippen LogP contribution in [0.15, 0.2) is 103 Å². The molecule has 2 atom stereocenters. The standard InChI is InChI=1S/C27H26N2O2/c30-25-17-23(28-18-20-10-4-1-5-11-20)16-24(22-14-8-3-9-15-22)26(25)27(31)29-19-21-12-6-2-7-13-21/h1-15,17,24,26,28H,16,18-19H2,(H,29,31)/t24-,26-/m0/s1. The van der Waals surface area contributed by atoms with Crippen molar-refractivity contribution in [1.29, 1.82) is 0 Å². The maximum absolute atomic E-state index is 13.1. The fourth-order valence-corrected chi connectivity index (χ4v) is 4.03. The van der Waals surface area contributed by atoms with Gasteiger partial charge in [0.1, 0.15) is 5.92 Å². The lowest BCUT2D eigenvalue weighted by molar-refractivity contribution is -0.133. The summed E-state index contributed by atoms with van der Waals surface area (Å²) in [5, 5.41) is 6.36. The van der Waals surface area contributed by atoms with Gasteiger partial charge in [0, 0.05) is 30.8 Å². The zero-order chi connectivity index (χ0) is 21.5. The van der Waals surface area contributed by atoms with Crippen molar-refractivity contribution in [3.05, 3.63) is 119 Å². The van der Waals surface area contributed by atoms with E-state index in [9.17, 15) is 9.59 Å². The van der Waals surface area contributed by atoms with Crippen LogP contribution in [0.25, 0.3) is 0 Å². The van der Waals surface area contributed by atoms with Crippen LogP contribution < -0.4 is 10.6 Å². The van der Waals surface area contributed by atoms with E-state index in [0.717, 1.165) is 22.4 Å². The molecule has 0 bridgehead atoms. The van der Waals surface area contributed by atoms with E-state index in [-0.39, 0.29) is 17.6 Å². The Kier molecular flexibility index (Phi) is 6.58. The number of amides is 1. The van der Waals surface area contributed by atoms with Gasteiger partial charge in [-0.1, -0.05) is 91.0 Å². The molecule has 156 valence electrons. The predicted octanol–water partition coefficient (Wildman–Crippen LogP) is 4.35. The molecule has 1 amide bonds. The second-order valence-corrected chi connectivity index (χ2v) is 7.81. The molecule has 3 aromatic carbocycles. The molecule has 31 heavy (non-hydrogen) atoms. The Hall–Kier alpha value is -3.66. The van der Waals surface area contributed by atoms with E-state index in [2.05, 4.69) is 10.6 Å². The van der Waals surface area contributed by atoms with Crippen LogP contribution in [0.1, 0.15) is 29.0 Å². The van der Waals surface area contributed by atoms with Crippen LogP contribution in [0, 0.1) is 5.92 Å². The van der Waals surface area contributed by atoms with Crippen molar-refractivity contribution in [2.75, 3.05) is 0 Å². The third-order valence-corrected chi connectivity index (χ3v) is 5.65. The molecule has 4 heteroatoms. The Morgan fingerprint density at radius 2 is 1.32 bits per heavy atom. The Bertz CT molecular complexity index is 1050. The van der Waals surface area contributed by atoms with Crippen molar-refractivity contribution in [2.45, 2.75) is 25.4 Å². The van der Waals surface area contributed by atoms with Gasteiger partial charge in [0.15, 0.2) is 5.78 Å². The number of ketones is 1. The lowest BCUT2D eigenvalue weighted by Crippen LogP contribution is -2.41. The van der Waals surface area contributed by atoms with Crippen LogP contribution in [0.2, 0.25) is 0 Å². The van der Waals surface area contributed by atoms with E-state index in [1.54, 1.807) is 6.08 Å². The van der Waals surface area contributed by atoms with Crippen molar-refractivity contribution in [3.8, 4) is 0 Å². The van der Waals surface area contributed by atoms with E-state index in [4.69, 9.17) is 0 Å². The number of benzene rings is 3. The number of carbonyl (C=O) groups is 2. The SMILES string of the molecule is O=C1C=C(NCc2ccccc2)C[C@@H](c2ccccc2)[C@@H]1C(=O)NCc1ccccc1. The van der Waals surface area contributed by atoms with Gasteiger partial charge in [-0.3, -0.25) is 9.59 Å². The molecule has 0 spiro atoms. The monoisotopic (exact) mass is 410 g/mol. The fraction of sp³-hybridized carbons (Fsp3) is 0.185. The van der Waals surface area contributed by atoms with Crippen LogP contribution in [0.3, 0.4) is 0 Å². The first-order chi connectivity index (χ1) is 15.2. The van der Waals surface area contributed by atoms with Gasteiger partial charge in [-0.2, -0.15) is 0 Å². The summed E-state index contributed by atoms with van der Waals surface area (Å²) in [4.78, 5) is 26.1. The van der Waals surface area contributed by atoms with E-state index in [1.165, 1.54) is 0 Å². The highest BCUT2D eigenvalue weighted by atomic mass is 16.2. The van der Waals surface area contributed by atoms with Gasteiger partial charge in [-0.05, 0) is 23.1 Å².